The highest BCUT2D eigenvalue weighted by Gasteiger charge is 2.27. The number of ether oxygens (including phenoxy) is 2. The maximum Gasteiger partial charge on any atom is 0.162 e. The molecule has 0 bridgehead atoms. The summed E-state index contributed by atoms with van der Waals surface area (Å²) in [7, 11) is 0. The topological polar surface area (TPSA) is 82.1 Å². The van der Waals surface area contributed by atoms with E-state index in [2.05, 4.69) is 26.9 Å². The number of aliphatic imine (C=N–C) groups is 1. The first-order valence-corrected chi connectivity index (χ1v) is 9.01. The van der Waals surface area contributed by atoms with Gasteiger partial charge in [-0.25, -0.2) is 0 Å². The molecule has 26 heavy (non-hydrogen) atoms. The number of aromatic nitrogens is 1. The Hall–Kier alpha value is -2.23. The van der Waals surface area contributed by atoms with E-state index in [0.29, 0.717) is 31.4 Å². The van der Waals surface area contributed by atoms with E-state index < -0.39 is 5.79 Å². The average molecular weight is 354 g/mol. The van der Waals surface area contributed by atoms with Crippen LogP contribution in [0.1, 0.15) is 43.5 Å². The highest BCUT2D eigenvalue weighted by molar-refractivity contribution is 6.37. The number of hydrogen-bond acceptors (Lipinski definition) is 6. The summed E-state index contributed by atoms with van der Waals surface area (Å²) in [6.07, 6.45) is 5.87. The summed E-state index contributed by atoms with van der Waals surface area (Å²) >= 11 is 0. The van der Waals surface area contributed by atoms with Crippen LogP contribution in [0.2, 0.25) is 0 Å². The number of hydrogen-bond donors (Lipinski definition) is 1. The van der Waals surface area contributed by atoms with Gasteiger partial charge in [0.25, 0.3) is 0 Å². The van der Waals surface area contributed by atoms with Crippen LogP contribution in [0.5, 0.6) is 0 Å². The number of aryl methyl sites for hydroxylation is 1. The Morgan fingerprint density at radius 3 is 2.73 bits per heavy atom. The van der Waals surface area contributed by atoms with E-state index in [-0.39, 0.29) is 5.92 Å². The Kier molecular flexibility index (Phi) is 5.70. The number of hydrazone groups is 1. The van der Waals surface area contributed by atoms with Gasteiger partial charge in [-0.05, 0) is 45.2 Å². The molecule has 1 saturated carbocycles. The van der Waals surface area contributed by atoms with Gasteiger partial charge in [-0.2, -0.15) is 5.10 Å². The summed E-state index contributed by atoms with van der Waals surface area (Å²) in [6.45, 7) is 7.67. The Labute approximate surface area is 154 Å². The smallest absolute Gasteiger partial charge is 0.162 e. The first kappa shape index (κ1) is 18.6. The van der Waals surface area contributed by atoms with Crippen LogP contribution in [0.15, 0.2) is 22.4 Å². The van der Waals surface area contributed by atoms with Gasteiger partial charge in [0.1, 0.15) is 5.71 Å². The SMILES string of the molecule is Cc1cc(C#CC2CC2)cnc1/C(C=NCC1COC(C)(C)OC1)=N/N. The quantitative estimate of drug-likeness (QED) is 0.389. The number of nitrogens with zero attached hydrogens (tertiary/aromatic N) is 3. The van der Waals surface area contributed by atoms with Crippen molar-refractivity contribution < 1.29 is 9.47 Å². The van der Waals surface area contributed by atoms with Crippen LogP contribution < -0.4 is 5.84 Å². The zero-order valence-electron chi connectivity index (χ0n) is 15.7. The molecule has 2 fully saturated rings. The van der Waals surface area contributed by atoms with Gasteiger partial charge in [0.2, 0.25) is 0 Å². The predicted octanol–water partition coefficient (Wildman–Crippen LogP) is 2.28. The molecule has 1 aromatic heterocycles. The first-order valence-electron chi connectivity index (χ1n) is 9.01. The molecule has 2 N–H and O–H groups in total. The van der Waals surface area contributed by atoms with Crippen molar-refractivity contribution >= 4 is 11.9 Å². The molecule has 0 atom stereocenters. The van der Waals surface area contributed by atoms with Gasteiger partial charge in [0.15, 0.2) is 5.79 Å². The van der Waals surface area contributed by atoms with E-state index in [0.717, 1.165) is 16.8 Å². The zero-order chi connectivity index (χ0) is 18.6. The third-order valence-corrected chi connectivity index (χ3v) is 4.37. The molecule has 2 aliphatic rings. The molecule has 0 unspecified atom stereocenters. The molecule has 1 aromatic rings. The number of rotatable bonds is 4. The van der Waals surface area contributed by atoms with Crippen molar-refractivity contribution in [2.75, 3.05) is 19.8 Å². The number of pyridine rings is 1. The van der Waals surface area contributed by atoms with Crippen LogP contribution in [0.25, 0.3) is 0 Å². The van der Waals surface area contributed by atoms with E-state index >= 15 is 0 Å². The van der Waals surface area contributed by atoms with Gasteiger partial charge in [-0.3, -0.25) is 9.98 Å². The van der Waals surface area contributed by atoms with E-state index in [9.17, 15) is 0 Å². The standard InChI is InChI=1S/C20H26N4O2/c1-14-8-16(7-6-15-4-5-15)10-23-19(14)18(24-21)11-22-9-17-12-25-20(2,3)26-13-17/h8,10-11,15,17H,4-5,9,12-13,21H2,1-3H3/b22-11?,24-18+. The summed E-state index contributed by atoms with van der Waals surface area (Å²) in [4.78, 5) is 8.94. The second-order valence-electron chi connectivity index (χ2n) is 7.33. The maximum atomic E-state index is 5.65. The lowest BCUT2D eigenvalue weighted by molar-refractivity contribution is -0.260. The minimum absolute atomic E-state index is 0.229. The molecular formula is C20H26N4O2. The molecule has 3 rings (SSSR count). The summed E-state index contributed by atoms with van der Waals surface area (Å²) in [5, 5.41) is 3.85. The van der Waals surface area contributed by atoms with Crippen LogP contribution in [-0.2, 0) is 9.47 Å². The van der Waals surface area contributed by atoms with Crippen LogP contribution >= 0.6 is 0 Å². The maximum absolute atomic E-state index is 5.65. The molecule has 6 nitrogen and oxygen atoms in total. The highest BCUT2D eigenvalue weighted by Crippen LogP contribution is 2.27. The summed E-state index contributed by atoms with van der Waals surface area (Å²) in [5.74, 6) is 12.3. The number of nitrogens with two attached hydrogens (primary N) is 1. The Bertz CT molecular complexity index is 760. The molecule has 6 heteroatoms. The predicted molar refractivity (Wildman–Crippen MR) is 102 cm³/mol. The van der Waals surface area contributed by atoms with Gasteiger partial charge in [0, 0.05) is 30.1 Å². The van der Waals surface area contributed by atoms with Crippen LogP contribution in [-0.4, -0.2) is 42.5 Å². The van der Waals surface area contributed by atoms with Gasteiger partial charge >= 0.3 is 0 Å². The lowest BCUT2D eigenvalue weighted by atomic mass is 10.1. The Balaban J connectivity index is 1.61. The molecule has 0 spiro atoms. The molecule has 0 radical (unpaired) electrons. The molecule has 138 valence electrons. The van der Waals surface area contributed by atoms with Crippen molar-refractivity contribution in [1.29, 1.82) is 0 Å². The van der Waals surface area contributed by atoms with Crippen molar-refractivity contribution in [3.8, 4) is 11.8 Å². The third kappa shape index (κ3) is 5.13. The molecular weight excluding hydrogens is 328 g/mol. The fourth-order valence-corrected chi connectivity index (χ4v) is 2.60. The monoisotopic (exact) mass is 354 g/mol. The van der Waals surface area contributed by atoms with Gasteiger partial charge < -0.3 is 15.3 Å². The largest absolute Gasteiger partial charge is 0.350 e. The lowest BCUT2D eigenvalue weighted by Gasteiger charge is -2.34. The molecule has 1 aliphatic carbocycles. The summed E-state index contributed by atoms with van der Waals surface area (Å²) < 4.78 is 11.3. The van der Waals surface area contributed by atoms with Gasteiger partial charge in [-0.1, -0.05) is 11.8 Å². The van der Waals surface area contributed by atoms with Crippen molar-refractivity contribution in [2.24, 2.45) is 27.8 Å². The Morgan fingerprint density at radius 1 is 1.38 bits per heavy atom. The Morgan fingerprint density at radius 2 is 2.12 bits per heavy atom. The second-order valence-corrected chi connectivity index (χ2v) is 7.33. The summed E-state index contributed by atoms with van der Waals surface area (Å²) in [5.41, 5.74) is 3.19. The van der Waals surface area contributed by atoms with E-state index in [1.54, 1.807) is 12.4 Å². The van der Waals surface area contributed by atoms with Crippen LogP contribution in [0.3, 0.4) is 0 Å². The highest BCUT2D eigenvalue weighted by atomic mass is 16.7. The van der Waals surface area contributed by atoms with E-state index in [1.807, 2.05) is 26.8 Å². The average Bonchev–Trinajstić information content (AvgIpc) is 3.43. The zero-order valence-corrected chi connectivity index (χ0v) is 15.7. The van der Waals surface area contributed by atoms with Crippen LogP contribution in [0.4, 0.5) is 0 Å². The normalized spacial score (nSPS) is 20.8. The van der Waals surface area contributed by atoms with Crippen molar-refractivity contribution in [3.05, 3.63) is 29.1 Å². The molecule has 1 saturated heterocycles. The molecule has 0 aromatic carbocycles. The van der Waals surface area contributed by atoms with Crippen molar-refractivity contribution in [1.82, 2.24) is 4.98 Å². The van der Waals surface area contributed by atoms with Crippen molar-refractivity contribution in [3.63, 3.8) is 0 Å². The van der Waals surface area contributed by atoms with Crippen molar-refractivity contribution in [2.45, 2.75) is 39.4 Å². The molecule has 0 amide bonds. The van der Waals surface area contributed by atoms with Gasteiger partial charge in [0.05, 0.1) is 25.1 Å². The summed E-state index contributed by atoms with van der Waals surface area (Å²) in [6, 6.07) is 2.02. The fourth-order valence-electron chi connectivity index (χ4n) is 2.60. The minimum Gasteiger partial charge on any atom is -0.350 e. The van der Waals surface area contributed by atoms with Crippen LogP contribution in [0, 0.1) is 30.6 Å². The second kappa shape index (κ2) is 7.98. The minimum atomic E-state index is -0.505. The van der Waals surface area contributed by atoms with E-state index in [1.165, 1.54) is 12.8 Å². The van der Waals surface area contributed by atoms with Gasteiger partial charge in [-0.15, -0.1) is 0 Å². The van der Waals surface area contributed by atoms with E-state index in [4.69, 9.17) is 15.3 Å². The molecule has 1 aliphatic heterocycles. The molecule has 2 heterocycles. The fraction of sp³-hybridized carbons (Fsp3) is 0.550. The lowest BCUT2D eigenvalue weighted by Crippen LogP contribution is -2.40. The first-order chi connectivity index (χ1) is 12.5. The third-order valence-electron chi connectivity index (χ3n) is 4.37.